The fourth-order valence-corrected chi connectivity index (χ4v) is 4.55. The van der Waals surface area contributed by atoms with Crippen LogP contribution in [0.1, 0.15) is 128 Å². The van der Waals surface area contributed by atoms with E-state index in [2.05, 4.69) is 21.3 Å². The molecular weight excluding hydrogens is 512 g/mol. The molecule has 234 valence electrons. The summed E-state index contributed by atoms with van der Waals surface area (Å²) in [6.45, 7) is 2.33. The Morgan fingerprint density at radius 3 is 1.32 bits per heavy atom. The molecule has 0 aromatic heterocycles. The Morgan fingerprint density at radius 1 is 0.525 bits per heavy atom. The molecule has 0 aromatic rings. The van der Waals surface area contributed by atoms with Gasteiger partial charge in [-0.1, -0.05) is 77.0 Å². The van der Waals surface area contributed by atoms with Gasteiger partial charge in [-0.25, -0.2) is 0 Å². The van der Waals surface area contributed by atoms with E-state index in [1.807, 2.05) is 0 Å². The number of hydrogen-bond donors (Lipinski definition) is 6. The summed E-state index contributed by atoms with van der Waals surface area (Å²) in [5, 5.41) is 29.3. The quantitative estimate of drug-likeness (QED) is 0.0695. The van der Waals surface area contributed by atoms with E-state index in [0.29, 0.717) is 45.3 Å². The van der Waals surface area contributed by atoms with E-state index in [-0.39, 0.29) is 11.8 Å². The monoisotopic (exact) mass is 570 g/mol. The summed E-state index contributed by atoms with van der Waals surface area (Å²) in [6.07, 6.45) is 19.7. The van der Waals surface area contributed by atoms with Gasteiger partial charge < -0.3 is 31.5 Å². The molecule has 0 unspecified atom stereocenters. The molecule has 0 aromatic carbocycles. The van der Waals surface area contributed by atoms with Crippen molar-refractivity contribution in [2.24, 2.45) is 0 Å². The normalized spacial score (nSPS) is 11.7. The first kappa shape index (κ1) is 37.8. The lowest BCUT2D eigenvalue weighted by Gasteiger charge is -2.11. The number of carbonyl (C=O) groups is 4. The molecule has 10 heteroatoms. The van der Waals surface area contributed by atoms with Gasteiger partial charge in [0, 0.05) is 45.4 Å². The summed E-state index contributed by atoms with van der Waals surface area (Å²) in [6, 6.07) is -0.541. The topological polar surface area (TPSA) is 157 Å². The van der Waals surface area contributed by atoms with Gasteiger partial charge in [-0.3, -0.25) is 19.2 Å². The van der Waals surface area contributed by atoms with Crippen molar-refractivity contribution in [3.05, 3.63) is 0 Å². The number of aliphatic carboxylic acids is 2. The van der Waals surface area contributed by atoms with Gasteiger partial charge >= 0.3 is 11.9 Å². The van der Waals surface area contributed by atoms with Gasteiger partial charge in [-0.2, -0.15) is 0 Å². The Labute approximate surface area is 242 Å². The fraction of sp³-hybridized carbons (Fsp3) is 0.867. The SMILES string of the molecule is CN[C@@H](CCCCNC(=O)CCNCCC(=O)NCCCCCCCCCCCCCCCCC(=O)O)C(=O)O. The van der Waals surface area contributed by atoms with E-state index < -0.39 is 18.0 Å². The molecule has 0 saturated heterocycles. The van der Waals surface area contributed by atoms with Crippen molar-refractivity contribution in [3.63, 3.8) is 0 Å². The molecule has 0 saturated carbocycles. The highest BCUT2D eigenvalue weighted by Crippen LogP contribution is 2.13. The number of likely N-dealkylation sites (N-methyl/N-ethyl adjacent to an activating group) is 1. The van der Waals surface area contributed by atoms with Gasteiger partial charge in [0.2, 0.25) is 11.8 Å². The third kappa shape index (κ3) is 27.4. The first-order valence-corrected chi connectivity index (χ1v) is 15.7. The summed E-state index contributed by atoms with van der Waals surface area (Å²) in [7, 11) is 1.63. The number of rotatable bonds is 30. The van der Waals surface area contributed by atoms with Crippen LogP contribution < -0.4 is 21.3 Å². The van der Waals surface area contributed by atoms with Crippen LogP contribution in [-0.4, -0.2) is 73.2 Å². The summed E-state index contributed by atoms with van der Waals surface area (Å²) >= 11 is 0. The lowest BCUT2D eigenvalue weighted by Crippen LogP contribution is -2.34. The number of carboxylic acids is 2. The second-order valence-electron chi connectivity index (χ2n) is 10.7. The molecule has 0 heterocycles. The van der Waals surface area contributed by atoms with Crippen molar-refractivity contribution in [3.8, 4) is 0 Å². The summed E-state index contributed by atoms with van der Waals surface area (Å²) in [5.41, 5.74) is 0. The van der Waals surface area contributed by atoms with Crippen LogP contribution in [0.25, 0.3) is 0 Å². The molecule has 0 fully saturated rings. The minimum atomic E-state index is -0.855. The summed E-state index contributed by atoms with van der Waals surface area (Å²) in [5.74, 6) is -1.54. The number of carbonyl (C=O) groups excluding carboxylic acids is 2. The molecule has 40 heavy (non-hydrogen) atoms. The first-order chi connectivity index (χ1) is 19.4. The lowest BCUT2D eigenvalue weighted by molar-refractivity contribution is -0.139. The van der Waals surface area contributed by atoms with Crippen molar-refractivity contribution >= 4 is 23.8 Å². The molecule has 0 aliphatic heterocycles. The highest BCUT2D eigenvalue weighted by Gasteiger charge is 2.13. The van der Waals surface area contributed by atoms with E-state index >= 15 is 0 Å². The molecule has 0 radical (unpaired) electrons. The zero-order chi connectivity index (χ0) is 29.7. The van der Waals surface area contributed by atoms with Crippen molar-refractivity contribution in [2.45, 2.75) is 134 Å². The highest BCUT2D eigenvalue weighted by molar-refractivity contribution is 5.76. The predicted molar refractivity (Wildman–Crippen MR) is 159 cm³/mol. The van der Waals surface area contributed by atoms with Gasteiger partial charge in [-0.05, 0) is 39.2 Å². The highest BCUT2D eigenvalue weighted by atomic mass is 16.4. The molecule has 6 N–H and O–H groups in total. The number of unbranched alkanes of at least 4 members (excludes halogenated alkanes) is 14. The zero-order valence-electron chi connectivity index (χ0n) is 25.1. The van der Waals surface area contributed by atoms with Gasteiger partial charge in [-0.15, -0.1) is 0 Å². The second-order valence-corrected chi connectivity index (χ2v) is 10.7. The fourth-order valence-electron chi connectivity index (χ4n) is 4.55. The van der Waals surface area contributed by atoms with Crippen LogP contribution in [0.5, 0.6) is 0 Å². The Morgan fingerprint density at radius 2 is 0.925 bits per heavy atom. The molecule has 0 rings (SSSR count). The van der Waals surface area contributed by atoms with Gasteiger partial charge in [0.25, 0.3) is 0 Å². The predicted octanol–water partition coefficient (Wildman–Crippen LogP) is 4.37. The molecule has 0 bridgehead atoms. The van der Waals surface area contributed by atoms with Crippen LogP contribution in [0.2, 0.25) is 0 Å². The minimum Gasteiger partial charge on any atom is -0.481 e. The average Bonchev–Trinajstić information content (AvgIpc) is 2.91. The van der Waals surface area contributed by atoms with E-state index in [1.165, 1.54) is 57.8 Å². The standard InChI is InChI=1S/C30H58N4O6/c1-31-26(30(39)40)18-15-17-23-34-28(36)21-25-32-24-20-27(35)33-22-16-13-11-9-7-5-3-2-4-6-8-10-12-14-19-29(37)38/h26,31-32H,2-25H2,1H3,(H,33,35)(H,34,36)(H,37,38)(H,39,40)/t26-/m0/s1. The molecule has 2 amide bonds. The lowest BCUT2D eigenvalue weighted by atomic mass is 10.0. The molecule has 0 aliphatic rings. The van der Waals surface area contributed by atoms with Crippen LogP contribution in [0, 0.1) is 0 Å². The number of amides is 2. The maximum absolute atomic E-state index is 11.9. The molecular formula is C30H58N4O6. The number of nitrogens with one attached hydrogen (secondary N) is 4. The Balaban J connectivity index is 3.33. The van der Waals surface area contributed by atoms with Gasteiger partial charge in [0.1, 0.15) is 6.04 Å². The molecule has 10 nitrogen and oxygen atoms in total. The van der Waals surface area contributed by atoms with Crippen molar-refractivity contribution in [1.82, 2.24) is 21.3 Å². The largest absolute Gasteiger partial charge is 0.481 e. The zero-order valence-corrected chi connectivity index (χ0v) is 25.1. The van der Waals surface area contributed by atoms with Crippen LogP contribution in [-0.2, 0) is 19.2 Å². The van der Waals surface area contributed by atoms with E-state index in [1.54, 1.807) is 7.05 Å². The molecule has 1 atom stereocenters. The van der Waals surface area contributed by atoms with E-state index in [0.717, 1.165) is 51.5 Å². The first-order valence-electron chi connectivity index (χ1n) is 15.7. The Kier molecular flexibility index (Phi) is 26.8. The summed E-state index contributed by atoms with van der Waals surface area (Å²) in [4.78, 5) is 45.2. The number of carboxylic acid groups (broad SMARTS) is 2. The minimum absolute atomic E-state index is 0.0402. The second kappa shape index (κ2) is 28.3. The Hall–Kier alpha value is -2.20. The van der Waals surface area contributed by atoms with Crippen LogP contribution in [0.3, 0.4) is 0 Å². The average molecular weight is 571 g/mol. The van der Waals surface area contributed by atoms with Crippen molar-refractivity contribution in [1.29, 1.82) is 0 Å². The molecule has 0 aliphatic carbocycles. The summed E-state index contributed by atoms with van der Waals surface area (Å²) < 4.78 is 0. The van der Waals surface area contributed by atoms with Gasteiger partial charge in [0.15, 0.2) is 0 Å². The van der Waals surface area contributed by atoms with E-state index in [4.69, 9.17) is 10.2 Å². The smallest absolute Gasteiger partial charge is 0.320 e. The van der Waals surface area contributed by atoms with Crippen molar-refractivity contribution < 1.29 is 29.4 Å². The third-order valence-electron chi connectivity index (χ3n) is 7.09. The van der Waals surface area contributed by atoms with Gasteiger partial charge in [0.05, 0.1) is 0 Å². The van der Waals surface area contributed by atoms with Crippen LogP contribution in [0.4, 0.5) is 0 Å². The Bertz CT molecular complexity index is 662. The number of hydrogen-bond acceptors (Lipinski definition) is 6. The maximum Gasteiger partial charge on any atom is 0.320 e. The van der Waals surface area contributed by atoms with Crippen molar-refractivity contribution in [2.75, 3.05) is 33.2 Å². The van der Waals surface area contributed by atoms with E-state index in [9.17, 15) is 19.2 Å². The van der Waals surface area contributed by atoms with Crippen LogP contribution >= 0.6 is 0 Å². The third-order valence-corrected chi connectivity index (χ3v) is 7.09. The maximum atomic E-state index is 11.9. The van der Waals surface area contributed by atoms with Crippen LogP contribution in [0.15, 0.2) is 0 Å². The molecule has 0 spiro atoms.